The van der Waals surface area contributed by atoms with Crippen LogP contribution in [0.15, 0.2) is 42.6 Å². The van der Waals surface area contributed by atoms with E-state index in [2.05, 4.69) is 15.0 Å². The first-order valence-electron chi connectivity index (χ1n) is 8.98. The first-order chi connectivity index (χ1) is 13.8. The molecular formula is C19H20F4N4O2. The van der Waals surface area contributed by atoms with Gasteiger partial charge in [-0.2, -0.15) is 13.2 Å². The maximum Gasteiger partial charge on any atom is 0.422 e. The third-order valence-electron chi connectivity index (χ3n) is 4.39. The van der Waals surface area contributed by atoms with Crippen LogP contribution in [0.4, 0.5) is 28.0 Å². The highest BCUT2D eigenvalue weighted by Gasteiger charge is 2.28. The van der Waals surface area contributed by atoms with Crippen molar-refractivity contribution in [2.75, 3.05) is 37.7 Å². The zero-order valence-electron chi connectivity index (χ0n) is 15.5. The fraction of sp³-hybridized carbons (Fsp3) is 0.368. The number of benzene rings is 1. The predicted octanol–water partition coefficient (Wildman–Crippen LogP) is 3.19. The van der Waals surface area contributed by atoms with E-state index in [4.69, 9.17) is 0 Å². The zero-order valence-corrected chi connectivity index (χ0v) is 15.5. The van der Waals surface area contributed by atoms with Crippen LogP contribution in [-0.4, -0.2) is 54.9 Å². The van der Waals surface area contributed by atoms with Gasteiger partial charge in [0.05, 0.1) is 5.69 Å². The molecule has 6 nitrogen and oxygen atoms in total. The highest BCUT2D eigenvalue weighted by atomic mass is 19.4. The number of aromatic nitrogens is 1. The fourth-order valence-corrected chi connectivity index (χ4v) is 2.90. The average molecular weight is 412 g/mol. The summed E-state index contributed by atoms with van der Waals surface area (Å²) in [6.45, 7) is 0.696. The summed E-state index contributed by atoms with van der Waals surface area (Å²) in [5.74, 6) is -0.428. The molecule has 1 saturated heterocycles. The third kappa shape index (κ3) is 5.97. The lowest BCUT2D eigenvalue weighted by Gasteiger charge is -2.36. The number of carbonyl (C=O) groups excluding carboxylic acids is 1. The summed E-state index contributed by atoms with van der Waals surface area (Å²) in [5.41, 5.74) is 1.15. The largest absolute Gasteiger partial charge is 0.468 e. The molecule has 0 bridgehead atoms. The lowest BCUT2D eigenvalue weighted by Crippen LogP contribution is -2.51. The number of amides is 2. The Morgan fingerprint density at radius 2 is 1.83 bits per heavy atom. The van der Waals surface area contributed by atoms with Crippen molar-refractivity contribution >= 4 is 11.7 Å². The molecule has 3 rings (SSSR count). The second-order valence-electron chi connectivity index (χ2n) is 6.49. The van der Waals surface area contributed by atoms with E-state index >= 15 is 0 Å². The number of carbonyl (C=O) groups is 1. The van der Waals surface area contributed by atoms with Gasteiger partial charge in [0.25, 0.3) is 0 Å². The first-order valence-corrected chi connectivity index (χ1v) is 8.98. The molecule has 0 aliphatic carbocycles. The topological polar surface area (TPSA) is 57.7 Å². The number of hydrogen-bond acceptors (Lipinski definition) is 4. The van der Waals surface area contributed by atoms with E-state index in [1.165, 1.54) is 24.4 Å². The Kier molecular flexibility index (Phi) is 6.40. The van der Waals surface area contributed by atoms with E-state index in [1.54, 1.807) is 23.1 Å². The molecule has 0 spiro atoms. The fourth-order valence-electron chi connectivity index (χ4n) is 2.90. The van der Waals surface area contributed by atoms with Crippen molar-refractivity contribution in [3.8, 4) is 5.88 Å². The molecule has 0 atom stereocenters. The van der Waals surface area contributed by atoms with E-state index in [1.807, 2.05) is 4.90 Å². The summed E-state index contributed by atoms with van der Waals surface area (Å²) in [7, 11) is 0. The van der Waals surface area contributed by atoms with Crippen molar-refractivity contribution in [1.29, 1.82) is 0 Å². The van der Waals surface area contributed by atoms with Gasteiger partial charge in [-0.1, -0.05) is 18.2 Å². The lowest BCUT2D eigenvalue weighted by molar-refractivity contribution is -0.154. The second kappa shape index (κ2) is 8.97. The van der Waals surface area contributed by atoms with Crippen molar-refractivity contribution in [3.63, 3.8) is 0 Å². The Morgan fingerprint density at radius 3 is 2.45 bits per heavy atom. The predicted molar refractivity (Wildman–Crippen MR) is 98.2 cm³/mol. The van der Waals surface area contributed by atoms with E-state index in [0.29, 0.717) is 37.4 Å². The van der Waals surface area contributed by atoms with E-state index in [0.717, 1.165) is 0 Å². The number of hydrogen-bond donors (Lipinski definition) is 1. The van der Waals surface area contributed by atoms with Crippen molar-refractivity contribution in [3.05, 3.63) is 54.0 Å². The van der Waals surface area contributed by atoms with E-state index in [-0.39, 0.29) is 24.3 Å². The summed E-state index contributed by atoms with van der Waals surface area (Å²) < 4.78 is 54.8. The summed E-state index contributed by atoms with van der Waals surface area (Å²) in [5, 5.41) is 2.74. The smallest absolute Gasteiger partial charge is 0.422 e. The molecule has 156 valence electrons. The number of para-hydroxylation sites is 1. The lowest BCUT2D eigenvalue weighted by atomic mass is 10.2. The van der Waals surface area contributed by atoms with Crippen LogP contribution < -0.4 is 15.0 Å². The van der Waals surface area contributed by atoms with Gasteiger partial charge in [0.2, 0.25) is 5.88 Å². The molecule has 1 aliphatic rings. The molecule has 10 heteroatoms. The minimum Gasteiger partial charge on any atom is -0.468 e. The van der Waals surface area contributed by atoms with Gasteiger partial charge >= 0.3 is 12.2 Å². The number of ether oxygens (including phenoxy) is 1. The summed E-state index contributed by atoms with van der Waals surface area (Å²) >= 11 is 0. The normalized spacial score (nSPS) is 14.6. The molecule has 2 heterocycles. The molecular weight excluding hydrogens is 392 g/mol. The standard InChI is InChI=1S/C19H20F4N4O2/c20-15-3-1-2-4-16(15)26-7-9-27(10-8-26)18(28)25-12-14-5-6-17(24-11-14)29-13-19(21,22)23/h1-6,11H,7-10,12-13H2,(H,25,28). The summed E-state index contributed by atoms with van der Waals surface area (Å²) in [6.07, 6.45) is -3.08. The molecule has 1 aliphatic heterocycles. The number of rotatable bonds is 5. The summed E-state index contributed by atoms with van der Waals surface area (Å²) in [4.78, 5) is 19.6. The maximum absolute atomic E-state index is 13.9. The Morgan fingerprint density at radius 1 is 1.10 bits per heavy atom. The van der Waals surface area contributed by atoms with Crippen LogP contribution in [0, 0.1) is 5.82 Å². The molecule has 1 aromatic heterocycles. The van der Waals surface area contributed by atoms with Crippen LogP contribution in [0.5, 0.6) is 5.88 Å². The highest BCUT2D eigenvalue weighted by Crippen LogP contribution is 2.20. The first kappa shape index (κ1) is 20.7. The Balaban J connectivity index is 1.44. The molecule has 2 aromatic rings. The molecule has 0 radical (unpaired) electrons. The second-order valence-corrected chi connectivity index (χ2v) is 6.49. The van der Waals surface area contributed by atoms with Crippen molar-refractivity contribution in [2.45, 2.75) is 12.7 Å². The van der Waals surface area contributed by atoms with Gasteiger partial charge < -0.3 is 19.9 Å². The van der Waals surface area contributed by atoms with Crippen LogP contribution in [0.1, 0.15) is 5.56 Å². The van der Waals surface area contributed by atoms with Crippen molar-refractivity contribution in [1.82, 2.24) is 15.2 Å². The minimum atomic E-state index is -4.43. The molecule has 0 unspecified atom stereocenters. The van der Waals surface area contributed by atoms with Crippen LogP contribution in [0.25, 0.3) is 0 Å². The molecule has 29 heavy (non-hydrogen) atoms. The quantitative estimate of drug-likeness (QED) is 0.767. The molecule has 1 aromatic carbocycles. The molecule has 2 amide bonds. The van der Waals surface area contributed by atoms with Gasteiger partial charge in [0.1, 0.15) is 5.82 Å². The maximum atomic E-state index is 13.9. The van der Waals surface area contributed by atoms with Gasteiger partial charge in [-0.25, -0.2) is 14.2 Å². The van der Waals surface area contributed by atoms with Crippen LogP contribution in [0.2, 0.25) is 0 Å². The molecule has 0 saturated carbocycles. The van der Waals surface area contributed by atoms with Crippen LogP contribution in [-0.2, 0) is 6.54 Å². The molecule has 1 N–H and O–H groups in total. The minimum absolute atomic E-state index is 0.137. The van der Waals surface area contributed by atoms with Gasteiger partial charge in [0.15, 0.2) is 6.61 Å². The molecule has 1 fully saturated rings. The Bertz CT molecular complexity index is 822. The highest BCUT2D eigenvalue weighted by molar-refractivity contribution is 5.74. The van der Waals surface area contributed by atoms with E-state index in [9.17, 15) is 22.4 Å². The van der Waals surface area contributed by atoms with Gasteiger partial charge in [-0.3, -0.25) is 0 Å². The van der Waals surface area contributed by atoms with Crippen molar-refractivity contribution in [2.24, 2.45) is 0 Å². The monoisotopic (exact) mass is 412 g/mol. The van der Waals surface area contributed by atoms with Crippen molar-refractivity contribution < 1.29 is 27.1 Å². The third-order valence-corrected chi connectivity index (χ3v) is 4.39. The average Bonchev–Trinajstić information content (AvgIpc) is 2.71. The SMILES string of the molecule is O=C(NCc1ccc(OCC(F)(F)F)nc1)N1CCN(c2ccccc2F)CC1. The number of alkyl halides is 3. The number of nitrogens with zero attached hydrogens (tertiary/aromatic N) is 3. The number of piperazine rings is 1. The van der Waals surface area contributed by atoms with E-state index < -0.39 is 12.8 Å². The number of pyridine rings is 1. The van der Waals surface area contributed by atoms with Gasteiger partial charge in [-0.15, -0.1) is 0 Å². The zero-order chi connectivity index (χ0) is 20.9. The van der Waals surface area contributed by atoms with Gasteiger partial charge in [0, 0.05) is 45.0 Å². The van der Waals surface area contributed by atoms with Crippen LogP contribution in [0.3, 0.4) is 0 Å². The van der Waals surface area contributed by atoms with Crippen LogP contribution >= 0.6 is 0 Å². The Labute approximate surface area is 165 Å². The number of anilines is 1. The number of nitrogens with one attached hydrogen (secondary N) is 1. The number of urea groups is 1. The Hall–Kier alpha value is -3.04. The number of halogens is 4. The van der Waals surface area contributed by atoms with Gasteiger partial charge in [-0.05, 0) is 17.7 Å². The summed E-state index contributed by atoms with van der Waals surface area (Å²) in [6, 6.07) is 9.10.